The minimum absolute atomic E-state index is 0.317. The second-order valence-corrected chi connectivity index (χ2v) is 4.31. The van der Waals surface area contributed by atoms with Crippen LogP contribution in [0, 0.1) is 13.8 Å². The number of ether oxygens (including phenoxy) is 2. The highest BCUT2D eigenvalue weighted by molar-refractivity contribution is 5.79. The van der Waals surface area contributed by atoms with Gasteiger partial charge in [-0.3, -0.25) is 0 Å². The zero-order valence-corrected chi connectivity index (χ0v) is 9.99. The van der Waals surface area contributed by atoms with E-state index < -0.39 is 0 Å². The quantitative estimate of drug-likeness (QED) is 0.738. The molecule has 0 radical (unpaired) electrons. The van der Waals surface area contributed by atoms with Crippen molar-refractivity contribution in [1.29, 1.82) is 0 Å². The molecule has 1 aliphatic rings. The normalized spacial score (nSPS) is 12.8. The predicted molar refractivity (Wildman–Crippen MR) is 67.5 cm³/mol. The molecule has 0 fully saturated rings. The fourth-order valence-electron chi connectivity index (χ4n) is 2.26. The van der Waals surface area contributed by atoms with Crippen molar-refractivity contribution in [3.8, 4) is 22.6 Å². The van der Waals surface area contributed by atoms with E-state index in [-0.39, 0.29) is 0 Å². The minimum Gasteiger partial charge on any atom is -0.454 e. The van der Waals surface area contributed by atoms with Gasteiger partial charge in [-0.1, -0.05) is 30.3 Å². The van der Waals surface area contributed by atoms with E-state index in [1.54, 1.807) is 0 Å². The first kappa shape index (κ1) is 10.2. The average Bonchev–Trinajstić information content (AvgIpc) is 2.79. The Hall–Kier alpha value is -1.96. The molecule has 1 aliphatic heterocycles. The Labute approximate surface area is 101 Å². The van der Waals surface area contributed by atoms with Gasteiger partial charge in [0, 0.05) is 5.56 Å². The molecular formula is C15H14O2. The number of rotatable bonds is 1. The van der Waals surface area contributed by atoms with Crippen LogP contribution >= 0.6 is 0 Å². The summed E-state index contributed by atoms with van der Waals surface area (Å²) in [5, 5.41) is 0. The summed E-state index contributed by atoms with van der Waals surface area (Å²) >= 11 is 0. The van der Waals surface area contributed by atoms with Gasteiger partial charge in [0.2, 0.25) is 6.79 Å². The summed E-state index contributed by atoms with van der Waals surface area (Å²) < 4.78 is 11.0. The van der Waals surface area contributed by atoms with E-state index in [4.69, 9.17) is 9.47 Å². The molecule has 3 rings (SSSR count). The van der Waals surface area contributed by atoms with Gasteiger partial charge >= 0.3 is 0 Å². The number of hydrogen-bond acceptors (Lipinski definition) is 2. The van der Waals surface area contributed by atoms with Gasteiger partial charge in [-0.05, 0) is 36.6 Å². The number of aryl methyl sites for hydroxylation is 2. The van der Waals surface area contributed by atoms with Gasteiger partial charge in [0.1, 0.15) is 0 Å². The molecule has 2 aromatic carbocycles. The van der Waals surface area contributed by atoms with Crippen LogP contribution < -0.4 is 9.47 Å². The molecule has 1 heterocycles. The van der Waals surface area contributed by atoms with Gasteiger partial charge in [0.25, 0.3) is 0 Å². The van der Waals surface area contributed by atoms with Crippen LogP contribution in [0.15, 0.2) is 36.4 Å². The van der Waals surface area contributed by atoms with Crippen LogP contribution in [0.25, 0.3) is 11.1 Å². The highest BCUT2D eigenvalue weighted by Crippen LogP contribution is 2.44. The van der Waals surface area contributed by atoms with Crippen LogP contribution in [-0.4, -0.2) is 6.79 Å². The lowest BCUT2D eigenvalue weighted by Crippen LogP contribution is -1.94. The Bertz CT molecular complexity index is 573. The maximum atomic E-state index is 5.60. The Morgan fingerprint density at radius 3 is 2.53 bits per heavy atom. The molecule has 0 saturated carbocycles. The Kier molecular flexibility index (Phi) is 2.29. The summed E-state index contributed by atoms with van der Waals surface area (Å²) in [6.45, 7) is 4.53. The van der Waals surface area contributed by atoms with Crippen LogP contribution in [0.3, 0.4) is 0 Å². The van der Waals surface area contributed by atoms with Gasteiger partial charge in [-0.15, -0.1) is 0 Å². The van der Waals surface area contributed by atoms with Crippen molar-refractivity contribution in [3.63, 3.8) is 0 Å². The predicted octanol–water partition coefficient (Wildman–Crippen LogP) is 3.70. The lowest BCUT2D eigenvalue weighted by Gasteiger charge is -2.12. The Morgan fingerprint density at radius 1 is 0.882 bits per heavy atom. The first-order valence-electron chi connectivity index (χ1n) is 5.72. The van der Waals surface area contributed by atoms with E-state index in [9.17, 15) is 0 Å². The third-order valence-electron chi connectivity index (χ3n) is 3.16. The van der Waals surface area contributed by atoms with Gasteiger partial charge in [-0.2, -0.15) is 0 Å². The van der Waals surface area contributed by atoms with Gasteiger partial charge in [-0.25, -0.2) is 0 Å². The van der Waals surface area contributed by atoms with Gasteiger partial charge in [0.05, 0.1) is 0 Å². The first-order valence-corrected chi connectivity index (χ1v) is 5.72. The SMILES string of the molecule is Cc1ccccc1-c1c(C)ccc2c1OCO2. The van der Waals surface area contributed by atoms with Crippen molar-refractivity contribution in [3.05, 3.63) is 47.5 Å². The van der Waals surface area contributed by atoms with E-state index >= 15 is 0 Å². The second-order valence-electron chi connectivity index (χ2n) is 4.31. The smallest absolute Gasteiger partial charge is 0.231 e. The maximum absolute atomic E-state index is 5.60. The zero-order chi connectivity index (χ0) is 11.8. The molecule has 2 aromatic rings. The highest BCUT2D eigenvalue weighted by Gasteiger charge is 2.21. The van der Waals surface area contributed by atoms with Gasteiger partial charge < -0.3 is 9.47 Å². The van der Waals surface area contributed by atoms with Gasteiger partial charge in [0.15, 0.2) is 11.5 Å². The largest absolute Gasteiger partial charge is 0.454 e. The van der Waals surface area contributed by atoms with Crippen LogP contribution in [0.5, 0.6) is 11.5 Å². The molecule has 2 heteroatoms. The van der Waals surface area contributed by atoms with Crippen molar-refractivity contribution < 1.29 is 9.47 Å². The molecule has 0 unspecified atom stereocenters. The average molecular weight is 226 g/mol. The summed E-state index contributed by atoms with van der Waals surface area (Å²) in [5.74, 6) is 1.72. The fourth-order valence-corrected chi connectivity index (χ4v) is 2.26. The highest BCUT2D eigenvalue weighted by atomic mass is 16.7. The molecule has 0 aromatic heterocycles. The maximum Gasteiger partial charge on any atom is 0.231 e. The fraction of sp³-hybridized carbons (Fsp3) is 0.200. The van der Waals surface area contributed by atoms with Crippen LogP contribution in [0.1, 0.15) is 11.1 Å². The molecule has 17 heavy (non-hydrogen) atoms. The van der Waals surface area contributed by atoms with Crippen molar-refractivity contribution in [2.45, 2.75) is 13.8 Å². The van der Waals surface area contributed by atoms with Crippen molar-refractivity contribution in [2.24, 2.45) is 0 Å². The Balaban J connectivity index is 2.28. The van der Waals surface area contributed by atoms with Crippen LogP contribution in [0.4, 0.5) is 0 Å². The van der Waals surface area contributed by atoms with Crippen LogP contribution in [0.2, 0.25) is 0 Å². The molecule has 0 aliphatic carbocycles. The molecule has 0 N–H and O–H groups in total. The van der Waals surface area contributed by atoms with Crippen molar-refractivity contribution in [1.82, 2.24) is 0 Å². The summed E-state index contributed by atoms with van der Waals surface area (Å²) in [5.41, 5.74) is 4.83. The molecular weight excluding hydrogens is 212 g/mol. The molecule has 0 bridgehead atoms. The summed E-state index contributed by atoms with van der Waals surface area (Å²) in [4.78, 5) is 0. The third kappa shape index (κ3) is 1.57. The molecule has 2 nitrogen and oxygen atoms in total. The van der Waals surface area contributed by atoms with E-state index in [0.717, 1.165) is 17.1 Å². The minimum atomic E-state index is 0.317. The lowest BCUT2D eigenvalue weighted by atomic mass is 9.95. The first-order chi connectivity index (χ1) is 8.27. The lowest BCUT2D eigenvalue weighted by molar-refractivity contribution is 0.174. The van der Waals surface area contributed by atoms with E-state index in [0.29, 0.717) is 6.79 Å². The van der Waals surface area contributed by atoms with Crippen LogP contribution in [-0.2, 0) is 0 Å². The number of hydrogen-bond donors (Lipinski definition) is 0. The molecule has 0 spiro atoms. The summed E-state index contributed by atoms with van der Waals surface area (Å²) in [6.07, 6.45) is 0. The van der Waals surface area contributed by atoms with E-state index in [1.807, 2.05) is 6.07 Å². The number of benzene rings is 2. The van der Waals surface area contributed by atoms with Crippen molar-refractivity contribution >= 4 is 0 Å². The zero-order valence-electron chi connectivity index (χ0n) is 9.99. The topological polar surface area (TPSA) is 18.5 Å². The Morgan fingerprint density at radius 2 is 1.71 bits per heavy atom. The second kappa shape index (κ2) is 3.81. The van der Waals surface area contributed by atoms with Crippen molar-refractivity contribution in [2.75, 3.05) is 6.79 Å². The molecule has 0 atom stereocenters. The summed E-state index contributed by atoms with van der Waals surface area (Å²) in [7, 11) is 0. The molecule has 86 valence electrons. The monoisotopic (exact) mass is 226 g/mol. The third-order valence-corrected chi connectivity index (χ3v) is 3.16. The molecule has 0 amide bonds. The van der Waals surface area contributed by atoms with E-state index in [1.165, 1.54) is 16.7 Å². The van der Waals surface area contributed by atoms with E-state index in [2.05, 4.69) is 44.2 Å². The number of fused-ring (bicyclic) bond motifs is 1. The summed E-state index contributed by atoms with van der Waals surface area (Å²) in [6, 6.07) is 12.4. The standard InChI is InChI=1S/C15H14O2/c1-10-5-3-4-6-12(10)14-11(2)7-8-13-15(14)17-9-16-13/h3-8H,9H2,1-2H3. The molecule has 0 saturated heterocycles.